The minimum atomic E-state index is -0.377. The predicted molar refractivity (Wildman–Crippen MR) is 77.3 cm³/mol. The molecule has 1 aromatic heterocycles. The average Bonchev–Trinajstić information content (AvgIpc) is 2.48. The van der Waals surface area contributed by atoms with E-state index in [2.05, 4.69) is 10.3 Å². The van der Waals surface area contributed by atoms with E-state index in [9.17, 15) is 10.1 Å². The molecule has 104 valence electrons. The molecule has 0 radical (unpaired) electrons. The van der Waals surface area contributed by atoms with Crippen LogP contribution in [-0.4, -0.2) is 9.91 Å². The monoisotopic (exact) mass is 271 g/mol. The Bertz CT molecular complexity index is 587. The number of hydrogen-bond acceptors (Lipinski definition) is 4. The van der Waals surface area contributed by atoms with Crippen molar-refractivity contribution in [1.82, 2.24) is 10.3 Å². The van der Waals surface area contributed by atoms with E-state index < -0.39 is 0 Å². The second-order valence-electron chi connectivity index (χ2n) is 4.72. The smallest absolute Gasteiger partial charge is 0.269 e. The molecule has 0 aliphatic rings. The van der Waals surface area contributed by atoms with Crippen molar-refractivity contribution < 1.29 is 4.92 Å². The quantitative estimate of drug-likeness (QED) is 0.668. The summed E-state index contributed by atoms with van der Waals surface area (Å²) in [5.74, 6) is 0. The molecule has 0 saturated carbocycles. The molecule has 0 aliphatic heterocycles. The molecule has 1 heterocycles. The van der Waals surface area contributed by atoms with E-state index in [1.54, 1.807) is 18.3 Å². The van der Waals surface area contributed by atoms with Crippen LogP contribution in [0.5, 0.6) is 0 Å². The maximum absolute atomic E-state index is 10.8. The summed E-state index contributed by atoms with van der Waals surface area (Å²) in [6.45, 7) is 4.01. The van der Waals surface area contributed by atoms with Gasteiger partial charge in [0.05, 0.1) is 10.6 Å². The molecule has 0 saturated heterocycles. The van der Waals surface area contributed by atoms with Crippen LogP contribution in [0.15, 0.2) is 48.7 Å². The van der Waals surface area contributed by atoms with Crippen LogP contribution in [0.4, 0.5) is 5.69 Å². The van der Waals surface area contributed by atoms with Gasteiger partial charge in [-0.05, 0) is 31.5 Å². The van der Waals surface area contributed by atoms with Crippen molar-refractivity contribution in [3.05, 3.63) is 70.0 Å². The molecule has 0 amide bonds. The van der Waals surface area contributed by atoms with Crippen molar-refractivity contribution >= 4 is 5.69 Å². The summed E-state index contributed by atoms with van der Waals surface area (Å²) in [5, 5.41) is 14.2. The van der Waals surface area contributed by atoms with Crippen molar-refractivity contribution in [2.24, 2.45) is 0 Å². The third-order valence-corrected chi connectivity index (χ3v) is 3.21. The van der Waals surface area contributed by atoms with Crippen LogP contribution in [0.2, 0.25) is 0 Å². The summed E-state index contributed by atoms with van der Waals surface area (Å²) in [6, 6.07) is 12.5. The number of nitro benzene ring substituents is 1. The standard InChI is InChI=1S/C15H17N3O2/c1-11(13-6-5-7-14(10-13)18(19)20)17-12(2)15-8-3-4-9-16-15/h3-12,17H,1-2H3. The first kappa shape index (κ1) is 14.1. The summed E-state index contributed by atoms with van der Waals surface area (Å²) in [4.78, 5) is 14.7. The van der Waals surface area contributed by atoms with Crippen molar-refractivity contribution in [3.63, 3.8) is 0 Å². The fraction of sp³-hybridized carbons (Fsp3) is 0.267. The van der Waals surface area contributed by atoms with Gasteiger partial charge in [0.15, 0.2) is 0 Å². The summed E-state index contributed by atoms with van der Waals surface area (Å²) in [6.07, 6.45) is 1.76. The number of rotatable bonds is 5. The van der Waals surface area contributed by atoms with E-state index in [-0.39, 0.29) is 22.7 Å². The molecule has 20 heavy (non-hydrogen) atoms. The largest absolute Gasteiger partial charge is 0.302 e. The highest BCUT2D eigenvalue weighted by Crippen LogP contribution is 2.21. The molecule has 0 spiro atoms. The topological polar surface area (TPSA) is 68.1 Å². The summed E-state index contributed by atoms with van der Waals surface area (Å²) in [5.41, 5.74) is 1.95. The molecule has 1 aromatic carbocycles. The Kier molecular flexibility index (Phi) is 4.42. The van der Waals surface area contributed by atoms with E-state index in [0.29, 0.717) is 0 Å². The Hall–Kier alpha value is -2.27. The lowest BCUT2D eigenvalue weighted by atomic mass is 10.1. The van der Waals surface area contributed by atoms with Gasteiger partial charge in [0.1, 0.15) is 0 Å². The van der Waals surface area contributed by atoms with E-state index in [4.69, 9.17) is 0 Å². The summed E-state index contributed by atoms with van der Waals surface area (Å²) in [7, 11) is 0. The van der Waals surface area contributed by atoms with Gasteiger partial charge in [0, 0.05) is 30.4 Å². The Morgan fingerprint density at radius 1 is 1.15 bits per heavy atom. The van der Waals surface area contributed by atoms with Crippen molar-refractivity contribution in [3.8, 4) is 0 Å². The van der Waals surface area contributed by atoms with Gasteiger partial charge < -0.3 is 5.32 Å². The van der Waals surface area contributed by atoms with Gasteiger partial charge in [-0.3, -0.25) is 15.1 Å². The van der Waals surface area contributed by atoms with Gasteiger partial charge in [0.25, 0.3) is 5.69 Å². The van der Waals surface area contributed by atoms with Gasteiger partial charge >= 0.3 is 0 Å². The van der Waals surface area contributed by atoms with Crippen LogP contribution in [0, 0.1) is 10.1 Å². The lowest BCUT2D eigenvalue weighted by Gasteiger charge is -2.19. The van der Waals surface area contributed by atoms with Crippen LogP contribution in [-0.2, 0) is 0 Å². The number of hydrogen-bond donors (Lipinski definition) is 1. The Labute approximate surface area is 117 Å². The molecule has 0 aliphatic carbocycles. The molecule has 1 N–H and O–H groups in total. The minimum Gasteiger partial charge on any atom is -0.302 e. The van der Waals surface area contributed by atoms with Crippen LogP contribution < -0.4 is 5.32 Å². The van der Waals surface area contributed by atoms with Crippen molar-refractivity contribution in [1.29, 1.82) is 0 Å². The molecule has 2 unspecified atom stereocenters. The van der Waals surface area contributed by atoms with Crippen molar-refractivity contribution in [2.75, 3.05) is 0 Å². The summed E-state index contributed by atoms with van der Waals surface area (Å²) >= 11 is 0. The lowest BCUT2D eigenvalue weighted by Crippen LogP contribution is -2.23. The maximum atomic E-state index is 10.8. The third-order valence-electron chi connectivity index (χ3n) is 3.21. The number of non-ortho nitro benzene ring substituents is 1. The number of aromatic nitrogens is 1. The highest BCUT2D eigenvalue weighted by molar-refractivity contribution is 5.35. The molecule has 0 bridgehead atoms. The van der Waals surface area contributed by atoms with E-state index in [0.717, 1.165) is 11.3 Å². The van der Waals surface area contributed by atoms with Crippen LogP contribution in [0.25, 0.3) is 0 Å². The fourth-order valence-electron chi connectivity index (χ4n) is 2.10. The highest BCUT2D eigenvalue weighted by Gasteiger charge is 2.14. The van der Waals surface area contributed by atoms with E-state index in [1.807, 2.05) is 38.1 Å². The molecule has 2 rings (SSSR count). The van der Waals surface area contributed by atoms with Crippen LogP contribution >= 0.6 is 0 Å². The molecular weight excluding hydrogens is 254 g/mol. The predicted octanol–water partition coefficient (Wildman–Crippen LogP) is 3.40. The second kappa shape index (κ2) is 6.25. The first-order valence-corrected chi connectivity index (χ1v) is 6.49. The zero-order chi connectivity index (χ0) is 14.5. The Morgan fingerprint density at radius 2 is 1.95 bits per heavy atom. The lowest BCUT2D eigenvalue weighted by molar-refractivity contribution is -0.384. The molecule has 2 aromatic rings. The van der Waals surface area contributed by atoms with Gasteiger partial charge in [0.2, 0.25) is 0 Å². The normalized spacial score (nSPS) is 13.7. The molecule has 5 heteroatoms. The number of pyridine rings is 1. The van der Waals surface area contributed by atoms with Gasteiger partial charge in [-0.25, -0.2) is 0 Å². The van der Waals surface area contributed by atoms with E-state index in [1.165, 1.54) is 6.07 Å². The number of nitrogens with zero attached hydrogens (tertiary/aromatic N) is 2. The molecule has 2 atom stereocenters. The SMILES string of the molecule is CC(NC(C)c1ccccn1)c1cccc([N+](=O)[O-])c1. The Morgan fingerprint density at radius 3 is 2.60 bits per heavy atom. The third kappa shape index (κ3) is 3.39. The van der Waals surface area contributed by atoms with Gasteiger partial charge in [-0.15, -0.1) is 0 Å². The first-order valence-electron chi connectivity index (χ1n) is 6.49. The van der Waals surface area contributed by atoms with E-state index >= 15 is 0 Å². The average molecular weight is 271 g/mol. The highest BCUT2D eigenvalue weighted by atomic mass is 16.6. The number of nitro groups is 1. The molecular formula is C15H17N3O2. The number of nitrogens with one attached hydrogen (secondary N) is 1. The first-order chi connectivity index (χ1) is 9.58. The van der Waals surface area contributed by atoms with Gasteiger partial charge in [-0.1, -0.05) is 18.2 Å². The molecule has 5 nitrogen and oxygen atoms in total. The number of benzene rings is 1. The van der Waals surface area contributed by atoms with Crippen molar-refractivity contribution in [2.45, 2.75) is 25.9 Å². The fourth-order valence-corrected chi connectivity index (χ4v) is 2.10. The molecule has 0 fully saturated rings. The Balaban J connectivity index is 2.10. The van der Waals surface area contributed by atoms with Gasteiger partial charge in [-0.2, -0.15) is 0 Å². The van der Waals surface area contributed by atoms with Crippen LogP contribution in [0.1, 0.15) is 37.2 Å². The zero-order valence-corrected chi connectivity index (χ0v) is 11.5. The minimum absolute atomic E-state index is 0.00639. The maximum Gasteiger partial charge on any atom is 0.269 e. The summed E-state index contributed by atoms with van der Waals surface area (Å²) < 4.78 is 0. The second-order valence-corrected chi connectivity index (χ2v) is 4.72. The van der Waals surface area contributed by atoms with Crippen LogP contribution in [0.3, 0.4) is 0 Å². The zero-order valence-electron chi connectivity index (χ0n) is 11.5.